The van der Waals surface area contributed by atoms with Crippen LogP contribution in [0.2, 0.25) is 0 Å². The largest absolute Gasteiger partial charge is 0.397 e. The van der Waals surface area contributed by atoms with Crippen molar-refractivity contribution in [1.82, 2.24) is 0 Å². The molecule has 1 aliphatic rings. The number of carbonyl (C=O) groups excluding carboxylic acids is 2. The smallest absolute Gasteiger partial charge is 0.252 e. The summed E-state index contributed by atoms with van der Waals surface area (Å²) in [5, 5.41) is 0. The van der Waals surface area contributed by atoms with Gasteiger partial charge in [0.05, 0.1) is 20.3 Å². The number of rotatable bonds is 5. The van der Waals surface area contributed by atoms with Gasteiger partial charge in [-0.05, 0) is 18.6 Å². The summed E-state index contributed by atoms with van der Waals surface area (Å²) in [6, 6.07) is 0. The van der Waals surface area contributed by atoms with Crippen LogP contribution >= 0.6 is 23.1 Å². The van der Waals surface area contributed by atoms with E-state index in [1.54, 1.807) is 0 Å². The summed E-state index contributed by atoms with van der Waals surface area (Å²) >= 11 is 2.80. The second-order valence-corrected chi connectivity index (χ2v) is 6.50. The first kappa shape index (κ1) is 12.4. The Hall–Kier alpha value is -1.01. The summed E-state index contributed by atoms with van der Waals surface area (Å²) in [6.07, 6.45) is 1.86. The molecule has 0 aliphatic heterocycles. The van der Waals surface area contributed by atoms with Crippen molar-refractivity contribution in [3.8, 4) is 0 Å². The molecular weight excluding hydrogens is 256 g/mol. The van der Waals surface area contributed by atoms with Gasteiger partial charge in [-0.2, -0.15) is 0 Å². The van der Waals surface area contributed by atoms with E-state index in [1.807, 2.05) is 6.92 Å². The number of nitrogens with two attached hydrogens (primary N) is 2. The Morgan fingerprint density at radius 1 is 1.47 bits per heavy atom. The van der Waals surface area contributed by atoms with Crippen molar-refractivity contribution < 1.29 is 9.59 Å². The Morgan fingerprint density at radius 3 is 2.59 bits per heavy atom. The third-order valence-corrected chi connectivity index (χ3v) is 4.98. The average Bonchev–Trinajstić information content (AvgIpc) is 3.03. The van der Waals surface area contributed by atoms with Gasteiger partial charge in [0.1, 0.15) is 0 Å². The molecule has 1 heterocycles. The zero-order valence-corrected chi connectivity index (χ0v) is 11.1. The molecule has 2 rings (SSSR count). The molecule has 1 amide bonds. The number of carbonyl (C=O) groups is 2. The van der Waals surface area contributed by atoms with E-state index in [1.165, 1.54) is 23.1 Å². The molecule has 0 aromatic carbocycles. The monoisotopic (exact) mass is 270 g/mol. The summed E-state index contributed by atoms with van der Waals surface area (Å²) in [7, 11) is 0. The molecule has 1 saturated carbocycles. The summed E-state index contributed by atoms with van der Waals surface area (Å²) in [4.78, 5) is 23.9. The Balaban J connectivity index is 2.43. The number of thiophene rings is 1. The molecule has 0 bridgehead atoms. The standard InChI is InChI=1S/C11H14N2O2S2/c1-2-16-11-6(10(13)15)7(12)9(17-11)8(14)5-3-4-5/h5H,2-4,12H2,1H3,(H2,13,15). The summed E-state index contributed by atoms with van der Waals surface area (Å²) in [6.45, 7) is 1.98. The number of nitrogen functional groups attached to an aromatic ring is 1. The van der Waals surface area contributed by atoms with Gasteiger partial charge in [-0.25, -0.2) is 0 Å². The molecule has 1 aromatic rings. The maximum atomic E-state index is 12.0. The van der Waals surface area contributed by atoms with Gasteiger partial charge in [0, 0.05) is 5.92 Å². The Kier molecular flexibility index (Phi) is 3.44. The summed E-state index contributed by atoms with van der Waals surface area (Å²) < 4.78 is 0.765. The predicted octanol–water partition coefficient (Wildman–Crippen LogP) is 2.13. The van der Waals surface area contributed by atoms with Crippen LogP contribution < -0.4 is 11.5 Å². The van der Waals surface area contributed by atoms with Crippen molar-refractivity contribution in [2.45, 2.75) is 24.0 Å². The van der Waals surface area contributed by atoms with Gasteiger partial charge in [0.15, 0.2) is 5.78 Å². The van der Waals surface area contributed by atoms with Gasteiger partial charge in [-0.15, -0.1) is 23.1 Å². The minimum Gasteiger partial charge on any atom is -0.397 e. The molecule has 92 valence electrons. The van der Waals surface area contributed by atoms with E-state index in [0.717, 1.165) is 22.8 Å². The van der Waals surface area contributed by atoms with Crippen molar-refractivity contribution in [1.29, 1.82) is 0 Å². The van der Waals surface area contributed by atoms with Crippen molar-refractivity contribution in [2.75, 3.05) is 11.5 Å². The Bertz CT molecular complexity index is 478. The lowest BCUT2D eigenvalue weighted by atomic mass is 10.1. The van der Waals surface area contributed by atoms with Gasteiger partial charge in [-0.1, -0.05) is 6.92 Å². The third kappa shape index (κ3) is 2.32. The quantitative estimate of drug-likeness (QED) is 0.634. The van der Waals surface area contributed by atoms with E-state index in [9.17, 15) is 9.59 Å². The second kappa shape index (κ2) is 4.70. The lowest BCUT2D eigenvalue weighted by Crippen LogP contribution is -2.14. The first-order chi connectivity index (χ1) is 8.06. The fourth-order valence-corrected chi connectivity index (χ4v) is 4.04. The Labute approximate surface area is 108 Å². The zero-order valence-electron chi connectivity index (χ0n) is 9.49. The van der Waals surface area contributed by atoms with E-state index in [2.05, 4.69) is 0 Å². The second-order valence-electron chi connectivity index (χ2n) is 3.94. The highest BCUT2D eigenvalue weighted by atomic mass is 32.2. The predicted molar refractivity (Wildman–Crippen MR) is 70.7 cm³/mol. The molecule has 1 aromatic heterocycles. The molecule has 6 heteroatoms. The molecule has 0 unspecified atom stereocenters. The first-order valence-corrected chi connectivity index (χ1v) is 7.25. The van der Waals surface area contributed by atoms with Gasteiger partial charge < -0.3 is 11.5 Å². The minimum absolute atomic E-state index is 0.0675. The van der Waals surface area contributed by atoms with Crippen LogP contribution in [0.5, 0.6) is 0 Å². The van der Waals surface area contributed by atoms with E-state index in [0.29, 0.717) is 10.4 Å². The zero-order chi connectivity index (χ0) is 12.6. The molecule has 0 radical (unpaired) electrons. The molecule has 4 nitrogen and oxygen atoms in total. The molecule has 0 spiro atoms. The number of anilines is 1. The number of hydrogen-bond donors (Lipinski definition) is 2. The maximum Gasteiger partial charge on any atom is 0.252 e. The SMILES string of the molecule is CCSc1sc(C(=O)C2CC2)c(N)c1C(N)=O. The van der Waals surface area contributed by atoms with Crippen LogP contribution in [0.4, 0.5) is 5.69 Å². The fourth-order valence-electron chi connectivity index (χ4n) is 1.60. The first-order valence-electron chi connectivity index (χ1n) is 5.45. The van der Waals surface area contributed by atoms with Crippen LogP contribution in [0.25, 0.3) is 0 Å². The lowest BCUT2D eigenvalue weighted by molar-refractivity contribution is 0.0972. The molecule has 4 N–H and O–H groups in total. The fraction of sp³-hybridized carbons (Fsp3) is 0.455. The number of thioether (sulfide) groups is 1. The topological polar surface area (TPSA) is 86.2 Å². The van der Waals surface area contributed by atoms with Gasteiger partial charge in [0.2, 0.25) is 0 Å². The van der Waals surface area contributed by atoms with E-state index in [-0.39, 0.29) is 17.4 Å². The summed E-state index contributed by atoms with van der Waals surface area (Å²) in [5.74, 6) is 0.441. The van der Waals surface area contributed by atoms with E-state index < -0.39 is 5.91 Å². The molecule has 1 fully saturated rings. The summed E-state index contributed by atoms with van der Waals surface area (Å²) in [5.41, 5.74) is 11.8. The molecule has 1 aliphatic carbocycles. The number of ketones is 1. The van der Waals surface area contributed by atoms with Gasteiger partial charge in [-0.3, -0.25) is 9.59 Å². The number of Topliss-reactive ketones (excluding diaryl/α,β-unsaturated/α-hetero) is 1. The van der Waals surface area contributed by atoms with Crippen molar-refractivity contribution in [3.63, 3.8) is 0 Å². The highest BCUT2D eigenvalue weighted by Gasteiger charge is 2.34. The number of hydrogen-bond acceptors (Lipinski definition) is 5. The van der Waals surface area contributed by atoms with Crippen LogP contribution in [0.3, 0.4) is 0 Å². The van der Waals surface area contributed by atoms with E-state index >= 15 is 0 Å². The van der Waals surface area contributed by atoms with E-state index in [4.69, 9.17) is 11.5 Å². The molecule has 0 atom stereocenters. The normalized spacial score (nSPS) is 14.9. The van der Waals surface area contributed by atoms with Crippen molar-refractivity contribution in [2.24, 2.45) is 11.7 Å². The average molecular weight is 270 g/mol. The van der Waals surface area contributed by atoms with Crippen LogP contribution in [-0.4, -0.2) is 17.4 Å². The number of primary amides is 1. The molecular formula is C11H14N2O2S2. The lowest BCUT2D eigenvalue weighted by Gasteiger charge is -1.98. The van der Waals surface area contributed by atoms with Crippen LogP contribution in [0.15, 0.2) is 4.21 Å². The highest BCUT2D eigenvalue weighted by Crippen LogP contribution is 2.42. The van der Waals surface area contributed by atoms with Crippen LogP contribution in [0, 0.1) is 5.92 Å². The maximum absolute atomic E-state index is 12.0. The van der Waals surface area contributed by atoms with Gasteiger partial charge >= 0.3 is 0 Å². The highest BCUT2D eigenvalue weighted by molar-refractivity contribution is 8.01. The molecule has 17 heavy (non-hydrogen) atoms. The van der Waals surface area contributed by atoms with Crippen molar-refractivity contribution in [3.05, 3.63) is 10.4 Å². The minimum atomic E-state index is -0.551. The third-order valence-electron chi connectivity index (χ3n) is 2.61. The number of amides is 1. The molecule has 0 saturated heterocycles. The van der Waals surface area contributed by atoms with Crippen LogP contribution in [0.1, 0.15) is 39.8 Å². The Morgan fingerprint density at radius 2 is 2.12 bits per heavy atom. The van der Waals surface area contributed by atoms with Crippen LogP contribution in [-0.2, 0) is 0 Å². The van der Waals surface area contributed by atoms with Crippen molar-refractivity contribution >= 4 is 40.5 Å². The van der Waals surface area contributed by atoms with Gasteiger partial charge in [0.25, 0.3) is 5.91 Å².